The molecule has 0 aliphatic carbocycles. The van der Waals surface area contributed by atoms with E-state index in [1.54, 1.807) is 66.2 Å². The molecular weight excluding hydrogens is 605 g/mol. The number of carbonyl (C=O) groups excluding carboxylic acids is 3. The molecule has 5 rings (SSSR count). The van der Waals surface area contributed by atoms with Crippen LogP contribution in [0.3, 0.4) is 0 Å². The van der Waals surface area contributed by atoms with Crippen LogP contribution in [0.15, 0.2) is 131 Å². The standard InChI is InChI=1S/C35H30N4O4S2/c1-2-43-28-17-13-24(14-18-28)23-30(38-32(40)26-11-7-4-8-12-26)33(41)37-27-15-19-29(20-16-27)45-31(25-9-5-3-6-10-25)34(42)39-35-36-21-22-44-35/h3-23,31H,2H2,1H3,(H,37,41)(H,38,40)(H,36,39,42)/b30-23-. The fraction of sp³-hybridized carbons (Fsp3) is 0.0857. The number of nitrogens with zero attached hydrogens (tertiary/aromatic N) is 1. The van der Waals surface area contributed by atoms with Gasteiger partial charge in [0.15, 0.2) is 5.13 Å². The third-order valence-corrected chi connectivity index (χ3v) is 8.35. The Morgan fingerprint density at radius 1 is 0.867 bits per heavy atom. The number of ether oxygens (including phenoxy) is 1. The predicted molar refractivity (Wildman–Crippen MR) is 180 cm³/mol. The highest BCUT2D eigenvalue weighted by atomic mass is 32.2. The van der Waals surface area contributed by atoms with Crippen molar-refractivity contribution in [2.45, 2.75) is 17.1 Å². The number of benzene rings is 4. The fourth-order valence-corrected chi connectivity index (χ4v) is 5.80. The molecule has 1 atom stereocenters. The zero-order valence-electron chi connectivity index (χ0n) is 24.3. The summed E-state index contributed by atoms with van der Waals surface area (Å²) in [5.41, 5.74) is 2.60. The van der Waals surface area contributed by atoms with Crippen LogP contribution in [-0.4, -0.2) is 29.3 Å². The summed E-state index contributed by atoms with van der Waals surface area (Å²) in [6.07, 6.45) is 3.26. The Kier molecular flexibility index (Phi) is 10.8. The maximum atomic E-state index is 13.5. The molecular formula is C35H30N4O4S2. The minimum atomic E-state index is -0.521. The van der Waals surface area contributed by atoms with Crippen LogP contribution in [-0.2, 0) is 9.59 Å². The normalized spacial score (nSPS) is 11.7. The SMILES string of the molecule is CCOc1ccc(/C=C(\NC(=O)c2ccccc2)C(=O)Nc2ccc(SC(C(=O)Nc3nccs3)c3ccccc3)cc2)cc1. The van der Waals surface area contributed by atoms with Crippen molar-refractivity contribution in [3.05, 3.63) is 143 Å². The lowest BCUT2D eigenvalue weighted by Gasteiger charge is -2.16. The summed E-state index contributed by atoms with van der Waals surface area (Å²) < 4.78 is 5.51. The predicted octanol–water partition coefficient (Wildman–Crippen LogP) is 7.42. The topological polar surface area (TPSA) is 109 Å². The van der Waals surface area contributed by atoms with Crippen LogP contribution in [0.4, 0.5) is 10.8 Å². The van der Waals surface area contributed by atoms with Crippen molar-refractivity contribution in [3.8, 4) is 5.75 Å². The van der Waals surface area contributed by atoms with E-state index < -0.39 is 17.1 Å². The number of nitrogens with one attached hydrogen (secondary N) is 3. The summed E-state index contributed by atoms with van der Waals surface area (Å²) in [4.78, 5) is 44.7. The van der Waals surface area contributed by atoms with E-state index in [0.717, 1.165) is 10.5 Å². The third kappa shape index (κ3) is 8.91. The molecule has 226 valence electrons. The van der Waals surface area contributed by atoms with E-state index in [1.165, 1.54) is 23.1 Å². The van der Waals surface area contributed by atoms with Gasteiger partial charge in [0.2, 0.25) is 5.91 Å². The smallest absolute Gasteiger partial charge is 0.272 e. The summed E-state index contributed by atoms with van der Waals surface area (Å²) >= 11 is 2.75. The molecule has 0 saturated heterocycles. The Morgan fingerprint density at radius 2 is 1.56 bits per heavy atom. The first-order valence-electron chi connectivity index (χ1n) is 14.1. The fourth-order valence-electron chi connectivity index (χ4n) is 4.24. The van der Waals surface area contributed by atoms with Gasteiger partial charge in [-0.05, 0) is 72.7 Å². The van der Waals surface area contributed by atoms with Crippen molar-refractivity contribution >= 4 is 57.7 Å². The van der Waals surface area contributed by atoms with Crippen LogP contribution >= 0.6 is 23.1 Å². The number of rotatable bonds is 12. The van der Waals surface area contributed by atoms with Crippen LogP contribution in [0, 0.1) is 0 Å². The van der Waals surface area contributed by atoms with Crippen LogP contribution < -0.4 is 20.7 Å². The Balaban J connectivity index is 1.32. The summed E-state index contributed by atoms with van der Waals surface area (Å²) in [6, 6.07) is 32.6. The molecule has 1 unspecified atom stereocenters. The molecule has 4 aromatic carbocycles. The van der Waals surface area contributed by atoms with Crippen LogP contribution in [0.25, 0.3) is 6.08 Å². The largest absolute Gasteiger partial charge is 0.494 e. The van der Waals surface area contributed by atoms with Gasteiger partial charge in [0.25, 0.3) is 11.8 Å². The highest BCUT2D eigenvalue weighted by molar-refractivity contribution is 8.00. The Labute approximate surface area is 269 Å². The number of thiazole rings is 1. The minimum absolute atomic E-state index is 0.0782. The second-order valence-corrected chi connectivity index (χ2v) is 11.7. The maximum absolute atomic E-state index is 13.5. The van der Waals surface area contributed by atoms with Crippen molar-refractivity contribution in [1.29, 1.82) is 0 Å². The first-order valence-corrected chi connectivity index (χ1v) is 15.9. The second kappa shape index (κ2) is 15.5. The van der Waals surface area contributed by atoms with Gasteiger partial charge < -0.3 is 20.7 Å². The van der Waals surface area contributed by atoms with E-state index in [0.29, 0.717) is 34.3 Å². The molecule has 0 fully saturated rings. The van der Waals surface area contributed by atoms with Gasteiger partial charge in [-0.1, -0.05) is 60.7 Å². The Bertz CT molecular complexity index is 1740. The summed E-state index contributed by atoms with van der Waals surface area (Å²) in [5, 5.41) is 10.3. The first kappa shape index (κ1) is 31.2. The molecule has 0 spiro atoms. The molecule has 10 heteroatoms. The van der Waals surface area contributed by atoms with E-state index in [4.69, 9.17) is 4.74 Å². The molecule has 8 nitrogen and oxygen atoms in total. The molecule has 3 amide bonds. The van der Waals surface area contributed by atoms with Gasteiger partial charge in [-0.2, -0.15) is 0 Å². The summed E-state index contributed by atoms with van der Waals surface area (Å²) in [5.74, 6) is -0.366. The molecule has 1 aromatic heterocycles. The quantitative estimate of drug-likeness (QED) is 0.0973. The van der Waals surface area contributed by atoms with E-state index in [2.05, 4.69) is 20.9 Å². The number of thioether (sulfide) groups is 1. The van der Waals surface area contributed by atoms with Crippen molar-refractivity contribution in [1.82, 2.24) is 10.3 Å². The summed E-state index contributed by atoms with van der Waals surface area (Å²) in [7, 11) is 0. The highest BCUT2D eigenvalue weighted by Gasteiger charge is 2.23. The minimum Gasteiger partial charge on any atom is -0.494 e. The van der Waals surface area contributed by atoms with Gasteiger partial charge >= 0.3 is 0 Å². The van der Waals surface area contributed by atoms with Crippen molar-refractivity contribution in [2.24, 2.45) is 0 Å². The number of aromatic nitrogens is 1. The number of anilines is 2. The van der Waals surface area contributed by atoms with Crippen molar-refractivity contribution < 1.29 is 19.1 Å². The van der Waals surface area contributed by atoms with Gasteiger partial charge in [-0.3, -0.25) is 14.4 Å². The van der Waals surface area contributed by atoms with Gasteiger partial charge in [0, 0.05) is 27.7 Å². The average molecular weight is 635 g/mol. The molecule has 3 N–H and O–H groups in total. The molecule has 0 saturated carbocycles. The van der Waals surface area contributed by atoms with Gasteiger partial charge in [0.1, 0.15) is 16.7 Å². The number of hydrogen-bond donors (Lipinski definition) is 3. The van der Waals surface area contributed by atoms with Gasteiger partial charge in [-0.25, -0.2) is 4.98 Å². The lowest BCUT2D eigenvalue weighted by atomic mass is 10.1. The third-order valence-electron chi connectivity index (χ3n) is 6.40. The van der Waals surface area contributed by atoms with Crippen molar-refractivity contribution in [3.63, 3.8) is 0 Å². The molecule has 45 heavy (non-hydrogen) atoms. The maximum Gasteiger partial charge on any atom is 0.272 e. The Hall–Kier alpha value is -5.19. The Morgan fingerprint density at radius 3 is 2.20 bits per heavy atom. The molecule has 0 radical (unpaired) electrons. The summed E-state index contributed by atoms with van der Waals surface area (Å²) in [6.45, 7) is 2.45. The number of carbonyl (C=O) groups is 3. The molecule has 0 bridgehead atoms. The van der Waals surface area contributed by atoms with E-state index in [9.17, 15) is 14.4 Å². The number of hydrogen-bond acceptors (Lipinski definition) is 7. The molecule has 0 aliphatic rings. The second-order valence-electron chi connectivity index (χ2n) is 9.59. The van der Waals surface area contributed by atoms with E-state index in [1.807, 2.05) is 67.6 Å². The lowest BCUT2D eigenvalue weighted by Crippen LogP contribution is -2.30. The lowest BCUT2D eigenvalue weighted by molar-refractivity contribution is -0.116. The zero-order chi connectivity index (χ0) is 31.4. The number of amides is 3. The first-order chi connectivity index (χ1) is 22.0. The van der Waals surface area contributed by atoms with Crippen LogP contribution in [0.1, 0.15) is 33.7 Å². The molecule has 1 heterocycles. The van der Waals surface area contributed by atoms with Crippen molar-refractivity contribution in [2.75, 3.05) is 17.2 Å². The molecule has 5 aromatic rings. The van der Waals surface area contributed by atoms with E-state index >= 15 is 0 Å². The molecule has 0 aliphatic heterocycles. The monoisotopic (exact) mass is 634 g/mol. The van der Waals surface area contributed by atoms with Gasteiger partial charge in [0.05, 0.1) is 6.61 Å². The zero-order valence-corrected chi connectivity index (χ0v) is 25.9. The van der Waals surface area contributed by atoms with Crippen LogP contribution in [0.5, 0.6) is 5.75 Å². The van der Waals surface area contributed by atoms with Gasteiger partial charge in [-0.15, -0.1) is 23.1 Å². The van der Waals surface area contributed by atoms with E-state index in [-0.39, 0.29) is 11.6 Å². The van der Waals surface area contributed by atoms with Crippen LogP contribution in [0.2, 0.25) is 0 Å². The average Bonchev–Trinajstić information content (AvgIpc) is 3.59. The highest BCUT2D eigenvalue weighted by Crippen LogP contribution is 2.37.